The van der Waals surface area contributed by atoms with E-state index in [1.807, 2.05) is 6.92 Å². The summed E-state index contributed by atoms with van der Waals surface area (Å²) in [6.45, 7) is 3.34. The van der Waals surface area contributed by atoms with Gasteiger partial charge in [0.1, 0.15) is 21.9 Å². The quantitative estimate of drug-likeness (QED) is 0.721. The second kappa shape index (κ2) is 7.65. The maximum absolute atomic E-state index is 12.7. The van der Waals surface area contributed by atoms with Crippen molar-refractivity contribution in [1.29, 1.82) is 0 Å². The lowest BCUT2D eigenvalue weighted by Gasteiger charge is -2.27. The van der Waals surface area contributed by atoms with E-state index in [9.17, 15) is 13.2 Å². The molecule has 1 rings (SSSR count). The lowest BCUT2D eigenvalue weighted by atomic mass is 9.98. The van der Waals surface area contributed by atoms with Crippen molar-refractivity contribution >= 4 is 16.0 Å². The van der Waals surface area contributed by atoms with Crippen molar-refractivity contribution in [1.82, 2.24) is 4.72 Å². The highest BCUT2D eigenvalue weighted by molar-refractivity contribution is 7.89. The number of rotatable bonds is 8. The van der Waals surface area contributed by atoms with Crippen molar-refractivity contribution in [3.63, 3.8) is 0 Å². The SMILES string of the molecule is CCCC(C)(NS(=O)(=O)c1cc(OC)ccc1OC)C(=O)OC. The summed E-state index contributed by atoms with van der Waals surface area (Å²) in [6.07, 6.45) is 0.897. The molecule has 8 heteroatoms. The van der Waals surface area contributed by atoms with Crippen molar-refractivity contribution in [2.24, 2.45) is 0 Å². The molecule has 23 heavy (non-hydrogen) atoms. The van der Waals surface area contributed by atoms with Crippen LogP contribution in [0, 0.1) is 0 Å². The molecule has 0 radical (unpaired) electrons. The maximum atomic E-state index is 12.7. The van der Waals surface area contributed by atoms with Gasteiger partial charge < -0.3 is 14.2 Å². The van der Waals surface area contributed by atoms with E-state index in [-0.39, 0.29) is 10.6 Å². The van der Waals surface area contributed by atoms with E-state index < -0.39 is 21.5 Å². The normalized spacial score (nSPS) is 14.0. The van der Waals surface area contributed by atoms with Gasteiger partial charge in [-0.1, -0.05) is 13.3 Å². The molecule has 1 N–H and O–H groups in total. The van der Waals surface area contributed by atoms with Crippen LogP contribution in [-0.4, -0.2) is 41.3 Å². The van der Waals surface area contributed by atoms with E-state index in [4.69, 9.17) is 14.2 Å². The molecule has 0 bridgehead atoms. The molecule has 0 aliphatic rings. The minimum Gasteiger partial charge on any atom is -0.497 e. The van der Waals surface area contributed by atoms with Crippen molar-refractivity contribution < 1.29 is 27.4 Å². The van der Waals surface area contributed by atoms with Gasteiger partial charge in [-0.15, -0.1) is 0 Å². The summed E-state index contributed by atoms with van der Waals surface area (Å²) in [5.74, 6) is -0.131. The zero-order valence-corrected chi connectivity index (χ0v) is 14.8. The first-order chi connectivity index (χ1) is 10.7. The molecule has 0 saturated carbocycles. The van der Waals surface area contributed by atoms with Crippen LogP contribution < -0.4 is 14.2 Å². The molecule has 0 heterocycles. The molecule has 130 valence electrons. The highest BCUT2D eigenvalue weighted by atomic mass is 32.2. The van der Waals surface area contributed by atoms with Crippen LogP contribution in [0.2, 0.25) is 0 Å². The van der Waals surface area contributed by atoms with Gasteiger partial charge in [0.05, 0.1) is 21.3 Å². The third kappa shape index (κ3) is 4.35. The van der Waals surface area contributed by atoms with Crippen molar-refractivity contribution in [3.8, 4) is 11.5 Å². The van der Waals surface area contributed by atoms with Crippen LogP contribution >= 0.6 is 0 Å². The van der Waals surface area contributed by atoms with E-state index in [1.165, 1.54) is 40.4 Å². The second-order valence-corrected chi connectivity index (χ2v) is 6.85. The maximum Gasteiger partial charge on any atom is 0.326 e. The van der Waals surface area contributed by atoms with Gasteiger partial charge in [-0.3, -0.25) is 4.79 Å². The Morgan fingerprint density at radius 1 is 1.22 bits per heavy atom. The molecule has 0 spiro atoms. The predicted molar refractivity (Wildman–Crippen MR) is 85.2 cm³/mol. The van der Waals surface area contributed by atoms with E-state index in [0.29, 0.717) is 18.6 Å². The number of carbonyl (C=O) groups is 1. The van der Waals surface area contributed by atoms with E-state index in [2.05, 4.69) is 4.72 Å². The van der Waals surface area contributed by atoms with Crippen LogP contribution in [0.15, 0.2) is 23.1 Å². The molecule has 0 amide bonds. The van der Waals surface area contributed by atoms with Crippen molar-refractivity contribution in [2.45, 2.75) is 37.1 Å². The number of hydrogen-bond acceptors (Lipinski definition) is 6. The first-order valence-electron chi connectivity index (χ1n) is 7.08. The highest BCUT2D eigenvalue weighted by Gasteiger charge is 2.39. The Kier molecular flexibility index (Phi) is 6.40. The van der Waals surface area contributed by atoms with Gasteiger partial charge in [0, 0.05) is 6.07 Å². The molecule has 1 aromatic rings. The number of methoxy groups -OCH3 is 3. The Labute approximate surface area is 137 Å². The smallest absolute Gasteiger partial charge is 0.326 e. The fourth-order valence-electron chi connectivity index (χ4n) is 2.27. The number of hydrogen-bond donors (Lipinski definition) is 1. The molecular formula is C15H23NO6S. The summed E-state index contributed by atoms with van der Waals surface area (Å²) in [4.78, 5) is 11.9. The summed E-state index contributed by atoms with van der Waals surface area (Å²) < 4.78 is 42.8. The first-order valence-corrected chi connectivity index (χ1v) is 8.56. The zero-order valence-electron chi connectivity index (χ0n) is 14.0. The zero-order chi connectivity index (χ0) is 17.7. The largest absolute Gasteiger partial charge is 0.497 e. The third-order valence-electron chi connectivity index (χ3n) is 3.41. The summed E-state index contributed by atoms with van der Waals surface area (Å²) in [6, 6.07) is 4.41. The molecule has 0 aromatic heterocycles. The summed E-state index contributed by atoms with van der Waals surface area (Å²) in [5, 5.41) is 0. The lowest BCUT2D eigenvalue weighted by molar-refractivity contribution is -0.147. The lowest BCUT2D eigenvalue weighted by Crippen LogP contribution is -2.52. The number of carbonyl (C=O) groups excluding carboxylic acids is 1. The van der Waals surface area contributed by atoms with Crippen molar-refractivity contribution in [2.75, 3.05) is 21.3 Å². The summed E-state index contributed by atoms with van der Waals surface area (Å²) >= 11 is 0. The topological polar surface area (TPSA) is 90.9 Å². The Bertz CT molecular complexity index is 658. The van der Waals surface area contributed by atoms with Crippen LogP contribution in [0.4, 0.5) is 0 Å². The average Bonchev–Trinajstić information content (AvgIpc) is 2.52. The van der Waals surface area contributed by atoms with Crippen LogP contribution in [0.3, 0.4) is 0 Å². The molecule has 7 nitrogen and oxygen atoms in total. The summed E-state index contributed by atoms with van der Waals surface area (Å²) in [7, 11) is -0.00825. The van der Waals surface area contributed by atoms with Crippen LogP contribution in [0.1, 0.15) is 26.7 Å². The molecule has 0 saturated heterocycles. The molecule has 0 fully saturated rings. The minimum absolute atomic E-state index is 0.106. The van der Waals surface area contributed by atoms with Crippen LogP contribution in [0.5, 0.6) is 11.5 Å². The van der Waals surface area contributed by atoms with Crippen LogP contribution in [-0.2, 0) is 19.6 Å². The molecule has 1 unspecified atom stereocenters. The van der Waals surface area contributed by atoms with Gasteiger partial charge in [-0.2, -0.15) is 4.72 Å². The minimum atomic E-state index is -4.03. The Hall–Kier alpha value is -1.80. The third-order valence-corrected chi connectivity index (χ3v) is 5.02. The van der Waals surface area contributed by atoms with Gasteiger partial charge in [0.25, 0.3) is 0 Å². The fraction of sp³-hybridized carbons (Fsp3) is 0.533. The number of esters is 1. The predicted octanol–water partition coefficient (Wildman–Crippen LogP) is 1.71. The van der Waals surface area contributed by atoms with Crippen LogP contribution in [0.25, 0.3) is 0 Å². The molecular weight excluding hydrogens is 322 g/mol. The number of sulfonamides is 1. The van der Waals surface area contributed by atoms with Gasteiger partial charge >= 0.3 is 5.97 Å². The number of ether oxygens (including phenoxy) is 3. The monoisotopic (exact) mass is 345 g/mol. The van der Waals surface area contributed by atoms with E-state index in [1.54, 1.807) is 6.07 Å². The molecule has 0 aliphatic carbocycles. The fourth-order valence-corrected chi connectivity index (χ4v) is 3.84. The van der Waals surface area contributed by atoms with Gasteiger partial charge in [-0.05, 0) is 25.5 Å². The van der Waals surface area contributed by atoms with Gasteiger partial charge in [0.2, 0.25) is 10.0 Å². The Morgan fingerprint density at radius 2 is 1.87 bits per heavy atom. The van der Waals surface area contributed by atoms with E-state index >= 15 is 0 Å². The second-order valence-electron chi connectivity index (χ2n) is 5.20. The Balaban J connectivity index is 3.32. The molecule has 1 aromatic carbocycles. The summed E-state index contributed by atoms with van der Waals surface area (Å²) in [5.41, 5.74) is -1.36. The van der Waals surface area contributed by atoms with Crippen molar-refractivity contribution in [3.05, 3.63) is 18.2 Å². The standard InChI is InChI=1S/C15H23NO6S/c1-6-9-15(2,14(17)22-5)16-23(18,19)13-10-11(20-3)7-8-12(13)21-4/h7-8,10,16H,6,9H2,1-5H3. The molecule has 1 atom stereocenters. The molecule has 0 aliphatic heterocycles. The number of benzene rings is 1. The number of nitrogens with one attached hydrogen (secondary N) is 1. The average molecular weight is 345 g/mol. The van der Waals surface area contributed by atoms with Gasteiger partial charge in [0.15, 0.2) is 0 Å². The van der Waals surface area contributed by atoms with E-state index in [0.717, 1.165) is 0 Å². The Morgan fingerprint density at radius 3 is 2.35 bits per heavy atom. The highest BCUT2D eigenvalue weighted by Crippen LogP contribution is 2.29. The first kappa shape index (κ1) is 19.2. The van der Waals surface area contributed by atoms with Gasteiger partial charge in [-0.25, -0.2) is 8.42 Å².